The van der Waals surface area contributed by atoms with Crippen molar-refractivity contribution >= 4 is 17.3 Å². The average Bonchev–Trinajstić information content (AvgIpc) is 3.40. The number of likely N-dealkylation sites (N-methyl/N-ethyl adjacent to an activating group) is 1. The number of rotatable bonds is 8. The first-order chi connectivity index (χ1) is 17.6. The standard InChI is InChI=1S/C30H43N5O/c1-22(31-2)30(36)33-27(23-10-4-3-5-11-23)21-34-16-9-15-28(34)25-18-26(20-32-19-25)35-17-8-13-24-12-6-7-14-29(24)35/h6-7,12,14,18-20,22-23,27-28,31H,3-5,8-11,13,15-17,21H2,1-2H3,(H,33,36)/t22-,27+,28-/m0/s1. The molecule has 1 amide bonds. The van der Waals surface area contributed by atoms with Gasteiger partial charge in [0, 0.05) is 37.1 Å². The van der Waals surface area contributed by atoms with Crippen LogP contribution in [0.5, 0.6) is 0 Å². The number of benzene rings is 1. The maximum Gasteiger partial charge on any atom is 0.237 e. The Kier molecular flexibility index (Phi) is 8.22. The van der Waals surface area contributed by atoms with E-state index in [4.69, 9.17) is 4.98 Å². The van der Waals surface area contributed by atoms with Gasteiger partial charge in [0.1, 0.15) is 0 Å². The van der Waals surface area contributed by atoms with Crippen LogP contribution in [0.15, 0.2) is 42.7 Å². The van der Waals surface area contributed by atoms with Gasteiger partial charge in [-0.05, 0) is 88.2 Å². The molecule has 1 saturated carbocycles. The first-order valence-corrected chi connectivity index (χ1v) is 14.2. The second-order valence-electron chi connectivity index (χ2n) is 11.0. The zero-order valence-electron chi connectivity index (χ0n) is 22.1. The smallest absolute Gasteiger partial charge is 0.237 e. The molecule has 0 unspecified atom stereocenters. The summed E-state index contributed by atoms with van der Waals surface area (Å²) >= 11 is 0. The topological polar surface area (TPSA) is 60.5 Å². The lowest BCUT2D eigenvalue weighted by Gasteiger charge is -2.36. The highest BCUT2D eigenvalue weighted by molar-refractivity contribution is 5.81. The maximum atomic E-state index is 12.9. The van der Waals surface area contributed by atoms with Gasteiger partial charge in [-0.15, -0.1) is 0 Å². The Morgan fingerprint density at radius 3 is 2.72 bits per heavy atom. The summed E-state index contributed by atoms with van der Waals surface area (Å²) in [5.74, 6) is 0.693. The van der Waals surface area contributed by atoms with E-state index in [1.54, 1.807) is 0 Å². The van der Waals surface area contributed by atoms with Crippen molar-refractivity contribution in [1.29, 1.82) is 0 Å². The molecule has 0 spiro atoms. The number of nitrogens with one attached hydrogen (secondary N) is 2. The quantitative estimate of drug-likeness (QED) is 0.548. The Balaban J connectivity index is 1.34. The third-order valence-electron chi connectivity index (χ3n) is 8.72. The van der Waals surface area contributed by atoms with Gasteiger partial charge >= 0.3 is 0 Å². The van der Waals surface area contributed by atoms with Crippen LogP contribution in [-0.4, -0.2) is 54.6 Å². The van der Waals surface area contributed by atoms with E-state index in [2.05, 4.69) is 57.0 Å². The van der Waals surface area contributed by atoms with E-state index >= 15 is 0 Å². The third-order valence-corrected chi connectivity index (χ3v) is 8.72. The summed E-state index contributed by atoms with van der Waals surface area (Å²) in [7, 11) is 1.86. The van der Waals surface area contributed by atoms with Crippen LogP contribution in [0.25, 0.3) is 0 Å². The molecule has 6 nitrogen and oxygen atoms in total. The molecule has 194 valence electrons. The number of carbonyl (C=O) groups is 1. The highest BCUT2D eigenvalue weighted by atomic mass is 16.2. The van der Waals surface area contributed by atoms with Gasteiger partial charge in [-0.2, -0.15) is 0 Å². The molecule has 0 radical (unpaired) electrons. The Hall–Kier alpha value is -2.44. The fourth-order valence-electron chi connectivity index (χ4n) is 6.54. The molecule has 2 aliphatic heterocycles. The molecular formula is C30H43N5O. The first kappa shape index (κ1) is 25.2. The van der Waals surface area contributed by atoms with Gasteiger partial charge in [0.2, 0.25) is 5.91 Å². The summed E-state index contributed by atoms with van der Waals surface area (Å²) in [6.45, 7) is 4.99. The lowest BCUT2D eigenvalue weighted by molar-refractivity contribution is -0.124. The third kappa shape index (κ3) is 5.60. The fraction of sp³-hybridized carbons (Fsp3) is 0.600. The van der Waals surface area contributed by atoms with Crippen LogP contribution >= 0.6 is 0 Å². The molecule has 2 fully saturated rings. The molecule has 1 aliphatic carbocycles. The Morgan fingerprint density at radius 1 is 1.06 bits per heavy atom. The maximum absolute atomic E-state index is 12.9. The molecule has 0 bridgehead atoms. The van der Waals surface area contributed by atoms with E-state index in [0.717, 1.165) is 32.5 Å². The number of pyridine rings is 1. The number of amides is 1. The van der Waals surface area contributed by atoms with Gasteiger partial charge in [-0.1, -0.05) is 37.5 Å². The van der Waals surface area contributed by atoms with Gasteiger partial charge < -0.3 is 15.5 Å². The van der Waals surface area contributed by atoms with Crippen LogP contribution < -0.4 is 15.5 Å². The van der Waals surface area contributed by atoms with Crippen LogP contribution in [-0.2, 0) is 11.2 Å². The first-order valence-electron chi connectivity index (χ1n) is 14.2. The molecule has 3 heterocycles. The van der Waals surface area contributed by atoms with E-state index in [9.17, 15) is 4.79 Å². The minimum absolute atomic E-state index is 0.122. The Morgan fingerprint density at radius 2 is 1.89 bits per heavy atom. The van der Waals surface area contributed by atoms with Crippen molar-refractivity contribution in [2.75, 3.05) is 31.6 Å². The van der Waals surface area contributed by atoms with Gasteiger partial charge in [-0.3, -0.25) is 14.7 Å². The molecule has 2 N–H and O–H groups in total. The lowest BCUT2D eigenvalue weighted by atomic mass is 9.83. The molecular weight excluding hydrogens is 446 g/mol. The highest BCUT2D eigenvalue weighted by Gasteiger charge is 2.33. The zero-order valence-corrected chi connectivity index (χ0v) is 22.1. The largest absolute Gasteiger partial charge is 0.350 e. The van der Waals surface area contributed by atoms with Crippen LogP contribution in [0.2, 0.25) is 0 Å². The van der Waals surface area contributed by atoms with E-state index in [0.29, 0.717) is 12.0 Å². The number of fused-ring (bicyclic) bond motifs is 1. The van der Waals surface area contributed by atoms with Crippen molar-refractivity contribution < 1.29 is 4.79 Å². The molecule has 6 heteroatoms. The van der Waals surface area contributed by atoms with Gasteiger partial charge in [0.05, 0.1) is 17.9 Å². The number of nitrogens with zero attached hydrogens (tertiary/aromatic N) is 3. The summed E-state index contributed by atoms with van der Waals surface area (Å²) in [5, 5.41) is 6.55. The molecule has 1 saturated heterocycles. The molecule has 1 aromatic heterocycles. The second-order valence-corrected chi connectivity index (χ2v) is 11.0. The van der Waals surface area contributed by atoms with Crippen LogP contribution in [0.4, 0.5) is 11.4 Å². The van der Waals surface area contributed by atoms with Gasteiger partial charge in [-0.25, -0.2) is 0 Å². The summed E-state index contributed by atoms with van der Waals surface area (Å²) < 4.78 is 0. The predicted molar refractivity (Wildman–Crippen MR) is 147 cm³/mol. The lowest BCUT2D eigenvalue weighted by Crippen LogP contribution is -2.52. The number of likely N-dealkylation sites (tertiary alicyclic amines) is 1. The summed E-state index contributed by atoms with van der Waals surface area (Å²) in [6.07, 6.45) is 15.1. The minimum atomic E-state index is -0.168. The summed E-state index contributed by atoms with van der Waals surface area (Å²) in [4.78, 5) is 22.6. The van der Waals surface area contributed by atoms with E-state index in [-0.39, 0.29) is 18.0 Å². The van der Waals surface area contributed by atoms with Gasteiger partial charge in [0.15, 0.2) is 0 Å². The van der Waals surface area contributed by atoms with Crippen LogP contribution in [0.1, 0.15) is 75.5 Å². The normalized spacial score (nSPS) is 22.7. The molecule has 3 aliphatic rings. The van der Waals surface area contributed by atoms with Crippen LogP contribution in [0, 0.1) is 5.92 Å². The molecule has 3 atom stereocenters. The van der Waals surface area contributed by atoms with Crippen molar-refractivity contribution in [1.82, 2.24) is 20.5 Å². The molecule has 2 aromatic rings. The van der Waals surface area contributed by atoms with E-state index in [1.165, 1.54) is 67.4 Å². The predicted octanol–water partition coefficient (Wildman–Crippen LogP) is 4.98. The summed E-state index contributed by atoms with van der Waals surface area (Å²) in [5.41, 5.74) is 5.26. The van der Waals surface area contributed by atoms with E-state index in [1.807, 2.05) is 20.2 Å². The Labute approximate surface area is 216 Å². The van der Waals surface area contributed by atoms with E-state index < -0.39 is 0 Å². The number of anilines is 2. The van der Waals surface area contributed by atoms with Crippen molar-refractivity contribution in [3.63, 3.8) is 0 Å². The number of hydrogen-bond acceptors (Lipinski definition) is 5. The number of hydrogen-bond donors (Lipinski definition) is 2. The number of aromatic nitrogens is 1. The highest BCUT2D eigenvalue weighted by Crippen LogP contribution is 2.38. The fourth-order valence-corrected chi connectivity index (χ4v) is 6.54. The van der Waals surface area contributed by atoms with Crippen molar-refractivity contribution in [2.24, 2.45) is 5.92 Å². The second kappa shape index (κ2) is 11.7. The molecule has 1 aromatic carbocycles. The van der Waals surface area contributed by atoms with Crippen molar-refractivity contribution in [3.05, 3.63) is 53.9 Å². The Bertz CT molecular complexity index is 1020. The minimum Gasteiger partial charge on any atom is -0.350 e. The summed E-state index contributed by atoms with van der Waals surface area (Å²) in [6, 6.07) is 11.6. The van der Waals surface area contributed by atoms with Crippen LogP contribution in [0.3, 0.4) is 0 Å². The monoisotopic (exact) mass is 489 g/mol. The number of carbonyl (C=O) groups excluding carboxylic acids is 1. The van der Waals surface area contributed by atoms with Crippen molar-refractivity contribution in [2.45, 2.75) is 82.8 Å². The SMILES string of the molecule is CN[C@@H](C)C(=O)N[C@H](CN1CCC[C@H]1c1cncc(N2CCCc3ccccc32)c1)C1CCCCC1. The number of para-hydroxylation sites is 1. The molecule has 36 heavy (non-hydrogen) atoms. The molecule has 5 rings (SSSR count). The van der Waals surface area contributed by atoms with Gasteiger partial charge in [0.25, 0.3) is 0 Å². The van der Waals surface area contributed by atoms with Crippen molar-refractivity contribution in [3.8, 4) is 0 Å². The zero-order chi connectivity index (χ0) is 24.9. The average molecular weight is 490 g/mol. The number of aryl methyl sites for hydroxylation is 1.